The quantitative estimate of drug-likeness (QED) is 0.895. The number of nitrogens with zero attached hydrogens (tertiary/aromatic N) is 1. The van der Waals surface area contributed by atoms with Gasteiger partial charge >= 0.3 is 0 Å². The predicted octanol–water partition coefficient (Wildman–Crippen LogP) is 2.47. The molecule has 0 bridgehead atoms. The number of carbonyl (C=O) groups is 1. The van der Waals surface area contributed by atoms with E-state index in [2.05, 4.69) is 5.32 Å². The zero-order valence-electron chi connectivity index (χ0n) is 11.3. The standard InChI is InChI=1S/C14H20ClN3O/c1-18(2)13-10(15)6-4-8-12(13)17-14(19)9-5-3-7-11(9)16/h4,6,8-9,11H,3,5,7,16H2,1-2H3,(H,17,19). The zero-order chi connectivity index (χ0) is 14.0. The number of benzene rings is 1. The van der Waals surface area contributed by atoms with Crippen molar-refractivity contribution in [3.63, 3.8) is 0 Å². The highest BCUT2D eigenvalue weighted by Gasteiger charge is 2.30. The number of para-hydroxylation sites is 1. The summed E-state index contributed by atoms with van der Waals surface area (Å²) in [6.45, 7) is 0. The summed E-state index contributed by atoms with van der Waals surface area (Å²) < 4.78 is 0. The Labute approximate surface area is 118 Å². The lowest BCUT2D eigenvalue weighted by Gasteiger charge is -2.21. The summed E-state index contributed by atoms with van der Waals surface area (Å²) in [4.78, 5) is 14.2. The average molecular weight is 282 g/mol. The van der Waals surface area contributed by atoms with E-state index in [9.17, 15) is 4.79 Å². The van der Waals surface area contributed by atoms with Gasteiger partial charge in [0.15, 0.2) is 0 Å². The van der Waals surface area contributed by atoms with E-state index in [1.54, 1.807) is 0 Å². The van der Waals surface area contributed by atoms with Crippen molar-refractivity contribution in [2.24, 2.45) is 11.7 Å². The van der Waals surface area contributed by atoms with Gasteiger partial charge in [-0.1, -0.05) is 24.1 Å². The van der Waals surface area contributed by atoms with Gasteiger partial charge in [-0.3, -0.25) is 4.79 Å². The largest absolute Gasteiger partial charge is 0.375 e. The fourth-order valence-electron chi connectivity index (χ4n) is 2.61. The SMILES string of the molecule is CN(C)c1c(Cl)cccc1NC(=O)C1CCCC1N. The Hall–Kier alpha value is -1.26. The van der Waals surface area contributed by atoms with E-state index in [-0.39, 0.29) is 17.9 Å². The van der Waals surface area contributed by atoms with Crippen molar-refractivity contribution in [2.75, 3.05) is 24.3 Å². The van der Waals surface area contributed by atoms with Crippen LogP contribution < -0.4 is 16.0 Å². The number of rotatable bonds is 3. The molecule has 19 heavy (non-hydrogen) atoms. The molecule has 4 nitrogen and oxygen atoms in total. The number of amides is 1. The highest BCUT2D eigenvalue weighted by molar-refractivity contribution is 6.34. The Morgan fingerprint density at radius 1 is 1.42 bits per heavy atom. The lowest BCUT2D eigenvalue weighted by atomic mass is 10.0. The molecule has 1 fully saturated rings. The molecule has 0 radical (unpaired) electrons. The molecule has 1 aliphatic rings. The van der Waals surface area contributed by atoms with E-state index in [4.69, 9.17) is 17.3 Å². The predicted molar refractivity (Wildman–Crippen MR) is 79.7 cm³/mol. The number of carbonyl (C=O) groups excluding carboxylic acids is 1. The highest BCUT2D eigenvalue weighted by Crippen LogP contribution is 2.33. The van der Waals surface area contributed by atoms with E-state index in [0.717, 1.165) is 30.6 Å². The first kappa shape index (κ1) is 14.2. The average Bonchev–Trinajstić information content (AvgIpc) is 2.75. The molecular weight excluding hydrogens is 262 g/mol. The second kappa shape index (κ2) is 5.80. The molecule has 5 heteroatoms. The van der Waals surface area contributed by atoms with Gasteiger partial charge in [0.2, 0.25) is 5.91 Å². The molecule has 3 N–H and O–H groups in total. The van der Waals surface area contributed by atoms with Crippen LogP contribution in [0.5, 0.6) is 0 Å². The number of hydrogen-bond acceptors (Lipinski definition) is 3. The number of nitrogens with two attached hydrogens (primary N) is 1. The topological polar surface area (TPSA) is 58.4 Å². The molecule has 1 saturated carbocycles. The van der Waals surface area contributed by atoms with Crippen LogP contribution in [-0.2, 0) is 4.79 Å². The summed E-state index contributed by atoms with van der Waals surface area (Å²) in [5, 5.41) is 3.58. The van der Waals surface area contributed by atoms with Crippen molar-refractivity contribution in [3.8, 4) is 0 Å². The maximum atomic E-state index is 12.3. The van der Waals surface area contributed by atoms with Crippen molar-refractivity contribution in [1.29, 1.82) is 0 Å². The molecule has 0 heterocycles. The van der Waals surface area contributed by atoms with E-state index in [1.165, 1.54) is 0 Å². The van der Waals surface area contributed by atoms with Crippen molar-refractivity contribution in [1.82, 2.24) is 0 Å². The Balaban J connectivity index is 2.19. The first-order chi connectivity index (χ1) is 9.00. The van der Waals surface area contributed by atoms with Gasteiger partial charge in [-0.2, -0.15) is 0 Å². The summed E-state index contributed by atoms with van der Waals surface area (Å²) in [6, 6.07) is 5.48. The smallest absolute Gasteiger partial charge is 0.229 e. The molecule has 1 amide bonds. The third kappa shape index (κ3) is 3.01. The summed E-state index contributed by atoms with van der Waals surface area (Å²) in [7, 11) is 3.80. The third-order valence-electron chi connectivity index (χ3n) is 3.60. The van der Waals surface area contributed by atoms with Crippen molar-refractivity contribution < 1.29 is 4.79 Å². The van der Waals surface area contributed by atoms with Gasteiger partial charge in [0.05, 0.1) is 22.3 Å². The minimum atomic E-state index is -0.0889. The van der Waals surface area contributed by atoms with Crippen LogP contribution >= 0.6 is 11.6 Å². The van der Waals surface area contributed by atoms with Gasteiger partial charge in [0.25, 0.3) is 0 Å². The third-order valence-corrected chi connectivity index (χ3v) is 3.90. The Morgan fingerprint density at radius 3 is 2.74 bits per heavy atom. The normalized spacial score (nSPS) is 22.3. The van der Waals surface area contributed by atoms with E-state index in [0.29, 0.717) is 5.02 Å². The second-order valence-corrected chi connectivity index (χ2v) is 5.63. The van der Waals surface area contributed by atoms with Crippen LogP contribution in [-0.4, -0.2) is 26.0 Å². The van der Waals surface area contributed by atoms with Gasteiger partial charge in [-0.05, 0) is 25.0 Å². The van der Waals surface area contributed by atoms with E-state index in [1.807, 2.05) is 37.2 Å². The van der Waals surface area contributed by atoms with Gasteiger partial charge < -0.3 is 16.0 Å². The number of anilines is 2. The van der Waals surface area contributed by atoms with E-state index >= 15 is 0 Å². The molecule has 0 aliphatic heterocycles. The number of halogens is 1. The Bertz CT molecular complexity index is 476. The lowest BCUT2D eigenvalue weighted by molar-refractivity contribution is -0.120. The molecule has 0 saturated heterocycles. The summed E-state index contributed by atoms with van der Waals surface area (Å²) in [5.74, 6) is -0.0932. The van der Waals surface area contributed by atoms with Gasteiger partial charge in [0.1, 0.15) is 0 Å². The molecular formula is C14H20ClN3O. The zero-order valence-corrected chi connectivity index (χ0v) is 12.1. The Morgan fingerprint density at radius 2 is 2.16 bits per heavy atom. The highest BCUT2D eigenvalue weighted by atomic mass is 35.5. The fourth-order valence-corrected chi connectivity index (χ4v) is 2.95. The van der Waals surface area contributed by atoms with E-state index < -0.39 is 0 Å². The summed E-state index contributed by atoms with van der Waals surface area (Å²) >= 11 is 6.18. The van der Waals surface area contributed by atoms with Crippen LogP contribution in [0.3, 0.4) is 0 Å². The minimum Gasteiger partial charge on any atom is -0.375 e. The first-order valence-corrected chi connectivity index (χ1v) is 6.90. The maximum Gasteiger partial charge on any atom is 0.229 e. The molecule has 2 unspecified atom stereocenters. The van der Waals surface area contributed by atoms with Crippen LogP contribution in [0, 0.1) is 5.92 Å². The monoisotopic (exact) mass is 281 g/mol. The van der Waals surface area contributed by atoms with Gasteiger partial charge in [0, 0.05) is 20.1 Å². The van der Waals surface area contributed by atoms with Crippen molar-refractivity contribution in [2.45, 2.75) is 25.3 Å². The molecule has 2 atom stereocenters. The molecule has 2 rings (SSSR count). The number of hydrogen-bond donors (Lipinski definition) is 2. The van der Waals surface area contributed by atoms with Gasteiger partial charge in [-0.15, -0.1) is 0 Å². The van der Waals surface area contributed by atoms with Crippen molar-refractivity contribution in [3.05, 3.63) is 23.2 Å². The molecule has 1 aromatic rings. The van der Waals surface area contributed by atoms with Crippen LogP contribution in [0.2, 0.25) is 5.02 Å². The maximum absolute atomic E-state index is 12.3. The summed E-state index contributed by atoms with van der Waals surface area (Å²) in [6.07, 6.45) is 2.81. The number of nitrogens with one attached hydrogen (secondary N) is 1. The summed E-state index contributed by atoms with van der Waals surface area (Å²) in [5.41, 5.74) is 7.52. The molecule has 1 aromatic carbocycles. The Kier molecular flexibility index (Phi) is 4.32. The lowest BCUT2D eigenvalue weighted by Crippen LogP contribution is -2.34. The molecule has 104 valence electrons. The van der Waals surface area contributed by atoms with Crippen LogP contribution in [0.1, 0.15) is 19.3 Å². The van der Waals surface area contributed by atoms with Crippen molar-refractivity contribution >= 4 is 28.9 Å². The fraction of sp³-hybridized carbons (Fsp3) is 0.500. The first-order valence-electron chi connectivity index (χ1n) is 6.53. The second-order valence-electron chi connectivity index (χ2n) is 5.22. The van der Waals surface area contributed by atoms with Crippen LogP contribution in [0.4, 0.5) is 11.4 Å². The molecule has 0 spiro atoms. The van der Waals surface area contributed by atoms with Crippen LogP contribution in [0.15, 0.2) is 18.2 Å². The van der Waals surface area contributed by atoms with Gasteiger partial charge in [-0.25, -0.2) is 0 Å². The molecule has 0 aromatic heterocycles. The minimum absolute atomic E-state index is 0.00429. The van der Waals surface area contributed by atoms with Crippen LogP contribution in [0.25, 0.3) is 0 Å². The molecule has 1 aliphatic carbocycles.